The monoisotopic (exact) mass is 523 g/mol. The van der Waals surface area contributed by atoms with Crippen LogP contribution in [0.5, 0.6) is 0 Å². The Hall–Kier alpha value is -3.37. The lowest BCUT2D eigenvalue weighted by Crippen LogP contribution is -2.71. The lowest BCUT2D eigenvalue weighted by atomic mass is 10.0. The van der Waals surface area contributed by atoms with Gasteiger partial charge in [-0.25, -0.2) is 14.3 Å². The summed E-state index contributed by atoms with van der Waals surface area (Å²) in [7, 11) is 1.79. The van der Waals surface area contributed by atoms with Crippen LogP contribution in [0.4, 0.5) is 10.9 Å². The molecule has 178 valence electrons. The van der Waals surface area contributed by atoms with Gasteiger partial charge in [0.05, 0.1) is 13.2 Å². The van der Waals surface area contributed by atoms with E-state index in [1.54, 1.807) is 23.9 Å². The number of nitrogens with zero attached hydrogens (tertiary/aromatic N) is 5. The quantitative estimate of drug-likeness (QED) is 0.0580. The number of oxime groups is 1. The highest BCUT2D eigenvalue weighted by atomic mass is 32.2. The van der Waals surface area contributed by atoms with Crippen molar-refractivity contribution in [3.05, 3.63) is 34.6 Å². The van der Waals surface area contributed by atoms with E-state index in [0.717, 1.165) is 11.3 Å². The Bertz CT molecular complexity index is 1250. The van der Waals surface area contributed by atoms with Crippen LogP contribution in [0.3, 0.4) is 0 Å². The Morgan fingerprint density at radius 1 is 1.41 bits per heavy atom. The molecule has 0 bridgehead atoms. The first kappa shape index (κ1) is 23.8. The number of thiazole rings is 1. The highest BCUT2D eigenvalue weighted by Crippen LogP contribution is 2.41. The number of aromatic nitrogens is 3. The van der Waals surface area contributed by atoms with Crippen LogP contribution in [0.15, 0.2) is 39.2 Å². The summed E-state index contributed by atoms with van der Waals surface area (Å²) < 4.78 is 1.76. The van der Waals surface area contributed by atoms with Crippen LogP contribution in [-0.2, 0) is 21.4 Å². The number of carbonyl (C=O) groups excluding carboxylic acids is 2. The number of nitrogen functional groups attached to an aromatic ring is 2. The van der Waals surface area contributed by atoms with Gasteiger partial charge in [-0.15, -0.1) is 23.1 Å². The number of amides is 2. The molecule has 2 aromatic rings. The SMILES string of the molecule is C[n+]1ccc(N)nc1SCC1=C(C(=O)O)N2C(=O)C(NC(=O)/C(=N\O)c3csc(N)n3)C2SC1. The molecule has 2 aliphatic rings. The minimum Gasteiger partial charge on any atom is -0.477 e. The molecule has 13 nitrogen and oxygen atoms in total. The Morgan fingerprint density at radius 3 is 2.82 bits per heavy atom. The molecular weight excluding hydrogens is 504 g/mol. The fourth-order valence-corrected chi connectivity index (χ4v) is 6.38. The second-order valence-corrected chi connectivity index (χ2v) is 10.1. The fourth-order valence-electron chi connectivity index (χ4n) is 3.38. The summed E-state index contributed by atoms with van der Waals surface area (Å²) in [5.41, 5.74) is 11.4. The molecule has 1 fully saturated rings. The zero-order chi connectivity index (χ0) is 24.6. The summed E-state index contributed by atoms with van der Waals surface area (Å²) >= 11 is 3.69. The van der Waals surface area contributed by atoms with Gasteiger partial charge >= 0.3 is 11.1 Å². The number of carboxylic acid groups (broad SMARTS) is 1. The number of hydrogen-bond donors (Lipinski definition) is 5. The smallest absolute Gasteiger partial charge is 0.361 e. The molecule has 0 saturated carbocycles. The number of thioether (sulfide) groups is 2. The highest BCUT2D eigenvalue weighted by Gasteiger charge is 2.54. The van der Waals surface area contributed by atoms with E-state index in [9.17, 15) is 24.7 Å². The van der Waals surface area contributed by atoms with Crippen molar-refractivity contribution in [2.24, 2.45) is 12.2 Å². The summed E-state index contributed by atoms with van der Waals surface area (Å²) in [6.07, 6.45) is 1.75. The molecule has 0 radical (unpaired) electrons. The number of aryl methyl sites for hydroxylation is 1. The number of hydrogen-bond acceptors (Lipinski definition) is 12. The standard InChI is InChI=1S/C18H18N8O5S3/c1-25-3-2-9(19)22-18(25)34-5-7-4-32-15-11(14(28)26(15)12(7)16(29)30)23-13(27)10(24-31)8-6-33-17(20)21-8/h2-3,6,11,15,19H,4-5H2,1H3,(H5,20,21,23,27,29,30,31)/p+1. The lowest BCUT2D eigenvalue weighted by molar-refractivity contribution is -0.713. The van der Waals surface area contributed by atoms with Crippen molar-refractivity contribution in [2.75, 3.05) is 23.0 Å². The molecule has 2 unspecified atom stereocenters. The molecule has 2 aromatic heterocycles. The van der Waals surface area contributed by atoms with E-state index < -0.39 is 34.9 Å². The van der Waals surface area contributed by atoms with E-state index in [-0.39, 0.29) is 16.5 Å². The van der Waals surface area contributed by atoms with Crippen LogP contribution < -0.4 is 21.4 Å². The number of aliphatic carboxylic acids is 1. The molecule has 0 spiro atoms. The number of anilines is 2. The summed E-state index contributed by atoms with van der Waals surface area (Å²) in [5.74, 6) is -1.67. The Kier molecular flexibility index (Phi) is 6.63. The highest BCUT2D eigenvalue weighted by molar-refractivity contribution is 8.01. The van der Waals surface area contributed by atoms with E-state index in [0.29, 0.717) is 28.1 Å². The second kappa shape index (κ2) is 9.47. The van der Waals surface area contributed by atoms with Gasteiger partial charge in [0, 0.05) is 23.0 Å². The van der Waals surface area contributed by atoms with Gasteiger partial charge in [0.25, 0.3) is 11.8 Å². The number of β-lactam (4-membered cyclic amide) rings is 1. The molecule has 34 heavy (non-hydrogen) atoms. The van der Waals surface area contributed by atoms with Gasteiger partial charge in [-0.1, -0.05) is 5.16 Å². The van der Waals surface area contributed by atoms with Gasteiger partial charge in [-0.3, -0.25) is 14.5 Å². The van der Waals surface area contributed by atoms with Crippen LogP contribution in [0.1, 0.15) is 5.69 Å². The molecular formula is C18H19N8O5S3+. The van der Waals surface area contributed by atoms with Gasteiger partial charge in [-0.2, -0.15) is 0 Å². The van der Waals surface area contributed by atoms with Gasteiger partial charge in [0.2, 0.25) is 5.82 Å². The predicted molar refractivity (Wildman–Crippen MR) is 125 cm³/mol. The molecule has 0 aliphatic carbocycles. The summed E-state index contributed by atoms with van der Waals surface area (Å²) in [5, 5.41) is 26.2. The van der Waals surface area contributed by atoms with Crippen LogP contribution in [0.2, 0.25) is 0 Å². The maximum Gasteiger partial charge on any atom is 0.361 e. The summed E-state index contributed by atoms with van der Waals surface area (Å²) in [6, 6.07) is 0.665. The van der Waals surface area contributed by atoms with E-state index in [2.05, 4.69) is 20.4 Å². The van der Waals surface area contributed by atoms with Crippen molar-refractivity contribution < 1.29 is 29.3 Å². The molecule has 4 heterocycles. The third-order valence-corrected chi connectivity index (χ3v) is 8.13. The van der Waals surface area contributed by atoms with Crippen molar-refractivity contribution in [2.45, 2.75) is 16.6 Å². The molecule has 2 aliphatic heterocycles. The van der Waals surface area contributed by atoms with Gasteiger partial charge in [0.1, 0.15) is 22.8 Å². The van der Waals surface area contributed by atoms with Gasteiger partial charge < -0.3 is 27.1 Å². The Morgan fingerprint density at radius 2 is 2.18 bits per heavy atom. The first-order valence-corrected chi connectivity index (χ1v) is 12.5. The minimum atomic E-state index is -1.24. The maximum absolute atomic E-state index is 12.8. The number of carbonyl (C=O) groups is 3. The van der Waals surface area contributed by atoms with Crippen LogP contribution in [0.25, 0.3) is 0 Å². The van der Waals surface area contributed by atoms with Crippen LogP contribution in [-0.4, -0.2) is 71.6 Å². The molecule has 2 amide bonds. The summed E-state index contributed by atoms with van der Waals surface area (Å²) in [6.45, 7) is 0. The van der Waals surface area contributed by atoms with Crippen LogP contribution >= 0.6 is 34.9 Å². The minimum absolute atomic E-state index is 0.0659. The lowest BCUT2D eigenvalue weighted by Gasteiger charge is -2.49. The zero-order valence-corrected chi connectivity index (χ0v) is 20.0. The molecule has 7 N–H and O–H groups in total. The predicted octanol–water partition coefficient (Wildman–Crippen LogP) is -0.764. The average Bonchev–Trinajstić information content (AvgIpc) is 3.23. The second-order valence-electron chi connectivity index (χ2n) is 7.17. The summed E-state index contributed by atoms with van der Waals surface area (Å²) in [4.78, 5) is 46.8. The normalized spacial score (nSPS) is 20.1. The number of nitrogens with one attached hydrogen (secondary N) is 1. The van der Waals surface area contributed by atoms with Crippen molar-refractivity contribution >= 4 is 69.3 Å². The number of nitrogens with two attached hydrogens (primary N) is 2. The van der Waals surface area contributed by atoms with E-state index in [1.807, 2.05) is 0 Å². The van der Waals surface area contributed by atoms with Crippen molar-refractivity contribution in [3.8, 4) is 0 Å². The van der Waals surface area contributed by atoms with Crippen molar-refractivity contribution in [1.29, 1.82) is 0 Å². The van der Waals surface area contributed by atoms with Gasteiger partial charge in [0.15, 0.2) is 10.8 Å². The topological polar surface area (TPSA) is 201 Å². The van der Waals surface area contributed by atoms with Crippen LogP contribution in [0, 0.1) is 0 Å². The molecule has 0 aromatic carbocycles. The third kappa shape index (κ3) is 4.38. The third-order valence-electron chi connectivity index (χ3n) is 4.99. The number of rotatable bonds is 7. The largest absolute Gasteiger partial charge is 0.477 e. The van der Waals surface area contributed by atoms with E-state index in [4.69, 9.17) is 11.5 Å². The number of carboxylic acids is 1. The fraction of sp³-hybridized carbons (Fsp3) is 0.278. The van der Waals surface area contributed by atoms with Crippen molar-refractivity contribution in [3.63, 3.8) is 0 Å². The number of fused-ring (bicyclic) bond motifs is 1. The first-order chi connectivity index (χ1) is 16.2. The molecule has 2 atom stereocenters. The Balaban J connectivity index is 1.49. The van der Waals surface area contributed by atoms with E-state index >= 15 is 0 Å². The Labute approximate surface area is 204 Å². The molecule has 4 rings (SSSR count). The molecule has 1 saturated heterocycles. The first-order valence-electron chi connectivity index (χ1n) is 9.60. The zero-order valence-electron chi connectivity index (χ0n) is 17.5. The maximum atomic E-state index is 12.8. The van der Waals surface area contributed by atoms with Crippen molar-refractivity contribution in [1.82, 2.24) is 20.2 Å². The molecule has 16 heteroatoms. The average molecular weight is 524 g/mol. The van der Waals surface area contributed by atoms with Gasteiger partial charge in [-0.05, 0) is 22.3 Å². The van der Waals surface area contributed by atoms with E-state index in [1.165, 1.54) is 33.8 Å².